The Morgan fingerprint density at radius 1 is 1.24 bits per heavy atom. The van der Waals surface area contributed by atoms with Crippen molar-refractivity contribution in [1.29, 1.82) is 0 Å². The maximum Gasteiger partial charge on any atom is 0.139 e. The molecule has 0 aliphatic carbocycles. The van der Waals surface area contributed by atoms with Crippen LogP contribution in [0, 0.1) is 0 Å². The number of piperidine rings is 1. The van der Waals surface area contributed by atoms with Crippen LogP contribution in [0.15, 0.2) is 36.7 Å². The predicted molar refractivity (Wildman–Crippen MR) is 101 cm³/mol. The molecule has 1 saturated heterocycles. The van der Waals surface area contributed by atoms with Gasteiger partial charge in [-0.3, -0.25) is 0 Å². The van der Waals surface area contributed by atoms with Crippen molar-refractivity contribution in [1.82, 2.24) is 19.7 Å². The zero-order valence-corrected chi connectivity index (χ0v) is 15.3. The van der Waals surface area contributed by atoms with Crippen molar-refractivity contribution >= 4 is 28.2 Å². The Morgan fingerprint density at radius 2 is 2.08 bits per heavy atom. The molecule has 0 bridgehead atoms. The minimum absolute atomic E-state index is 0.366. The summed E-state index contributed by atoms with van der Waals surface area (Å²) in [5.74, 6) is 2.39. The molecule has 1 aliphatic heterocycles. The Bertz CT molecular complexity index is 888. The van der Waals surface area contributed by atoms with Crippen LogP contribution in [-0.2, 0) is 0 Å². The third-order valence-electron chi connectivity index (χ3n) is 4.95. The van der Waals surface area contributed by atoms with Gasteiger partial charge in [-0.15, -0.1) is 10.2 Å². The molecule has 6 heteroatoms. The molecule has 4 rings (SSSR count). The van der Waals surface area contributed by atoms with Crippen molar-refractivity contribution in [2.75, 3.05) is 18.0 Å². The molecular weight excluding hydrogens is 334 g/mol. The first-order chi connectivity index (χ1) is 12.1. The zero-order valence-electron chi connectivity index (χ0n) is 14.6. The first kappa shape index (κ1) is 16.3. The van der Waals surface area contributed by atoms with E-state index in [1.807, 2.05) is 24.5 Å². The number of anilines is 1. The minimum atomic E-state index is 0.366. The van der Waals surface area contributed by atoms with E-state index in [1.54, 1.807) is 0 Å². The second-order valence-electron chi connectivity index (χ2n) is 6.97. The Labute approximate surface area is 152 Å². The van der Waals surface area contributed by atoms with Gasteiger partial charge in [-0.2, -0.15) is 0 Å². The maximum atomic E-state index is 6.42. The lowest BCUT2D eigenvalue weighted by Gasteiger charge is -2.33. The van der Waals surface area contributed by atoms with Crippen LogP contribution in [0.2, 0.25) is 5.15 Å². The maximum absolute atomic E-state index is 6.42. The Morgan fingerprint density at radius 3 is 2.92 bits per heavy atom. The molecule has 25 heavy (non-hydrogen) atoms. The molecule has 1 aromatic carbocycles. The monoisotopic (exact) mass is 355 g/mol. The van der Waals surface area contributed by atoms with Gasteiger partial charge in [0.25, 0.3) is 0 Å². The van der Waals surface area contributed by atoms with Crippen LogP contribution in [0.3, 0.4) is 0 Å². The number of pyridine rings is 1. The molecule has 1 fully saturated rings. The van der Waals surface area contributed by atoms with Crippen molar-refractivity contribution in [2.45, 2.75) is 38.6 Å². The lowest BCUT2D eigenvalue weighted by Crippen LogP contribution is -2.36. The molecule has 2 aromatic heterocycles. The van der Waals surface area contributed by atoms with E-state index in [4.69, 9.17) is 11.6 Å². The number of nitrogens with zero attached hydrogens (tertiary/aromatic N) is 5. The highest BCUT2D eigenvalue weighted by Gasteiger charge is 2.27. The summed E-state index contributed by atoms with van der Waals surface area (Å²) in [6.45, 7) is 6.22. The van der Waals surface area contributed by atoms with Crippen molar-refractivity contribution < 1.29 is 0 Å². The molecule has 3 heterocycles. The molecule has 1 unspecified atom stereocenters. The summed E-state index contributed by atoms with van der Waals surface area (Å²) in [6.07, 6.45) is 4.08. The summed E-state index contributed by atoms with van der Waals surface area (Å²) in [4.78, 5) is 6.97. The van der Waals surface area contributed by atoms with Crippen LogP contribution in [0.5, 0.6) is 0 Å². The summed E-state index contributed by atoms with van der Waals surface area (Å²) in [6, 6.07) is 10.6. The molecule has 3 aromatic rings. The van der Waals surface area contributed by atoms with Crippen molar-refractivity contribution in [3.8, 4) is 0 Å². The molecule has 0 saturated carbocycles. The summed E-state index contributed by atoms with van der Waals surface area (Å²) >= 11 is 6.42. The number of hydrogen-bond acceptors (Lipinski definition) is 4. The quantitative estimate of drug-likeness (QED) is 0.651. The van der Waals surface area contributed by atoms with Gasteiger partial charge in [0.05, 0.1) is 0 Å². The molecule has 5 nitrogen and oxygen atoms in total. The van der Waals surface area contributed by atoms with E-state index in [0.717, 1.165) is 48.3 Å². The van der Waals surface area contributed by atoms with E-state index < -0.39 is 0 Å². The Kier molecular flexibility index (Phi) is 4.34. The summed E-state index contributed by atoms with van der Waals surface area (Å²) < 4.78 is 2.18. The molecule has 130 valence electrons. The molecular formula is C19H22ClN5. The van der Waals surface area contributed by atoms with Crippen LogP contribution < -0.4 is 4.90 Å². The lowest BCUT2D eigenvalue weighted by atomic mass is 9.96. The number of halogens is 1. The fraction of sp³-hybridized carbons (Fsp3) is 0.421. The zero-order chi connectivity index (χ0) is 17.4. The average Bonchev–Trinajstić information content (AvgIpc) is 3.12. The van der Waals surface area contributed by atoms with E-state index in [-0.39, 0.29) is 0 Å². The van der Waals surface area contributed by atoms with Gasteiger partial charge in [0, 0.05) is 30.4 Å². The third kappa shape index (κ3) is 3.09. The highest BCUT2D eigenvalue weighted by Crippen LogP contribution is 2.32. The summed E-state index contributed by atoms with van der Waals surface area (Å²) in [5.41, 5.74) is 0. The Balaban J connectivity index is 1.64. The van der Waals surface area contributed by atoms with Crippen molar-refractivity contribution in [2.24, 2.45) is 0 Å². The number of hydrogen-bond donors (Lipinski definition) is 0. The lowest BCUT2D eigenvalue weighted by molar-refractivity contribution is 0.453. The standard InChI is InChI=1S/C19H22ClN5/c1-13(2)25-12-21-23-19(25)15-7-5-9-24(11-15)17-10-14-6-3-4-8-16(14)18(20)22-17/h3-4,6,8,10,12-13,15H,5,7,9,11H2,1-2H3. The molecule has 1 atom stereocenters. The molecule has 0 amide bonds. The largest absolute Gasteiger partial charge is 0.356 e. The van der Waals surface area contributed by atoms with E-state index in [9.17, 15) is 0 Å². The van der Waals surface area contributed by atoms with Gasteiger partial charge >= 0.3 is 0 Å². The minimum Gasteiger partial charge on any atom is -0.356 e. The molecule has 0 spiro atoms. The van der Waals surface area contributed by atoms with Gasteiger partial charge in [-0.1, -0.05) is 35.9 Å². The second kappa shape index (κ2) is 6.64. The van der Waals surface area contributed by atoms with E-state index in [2.05, 4.69) is 50.6 Å². The van der Waals surface area contributed by atoms with Crippen molar-refractivity contribution in [3.63, 3.8) is 0 Å². The summed E-state index contributed by atoms with van der Waals surface area (Å²) in [7, 11) is 0. The normalized spacial score (nSPS) is 18.2. The van der Waals surface area contributed by atoms with Gasteiger partial charge < -0.3 is 9.47 Å². The van der Waals surface area contributed by atoms with Gasteiger partial charge in [0.1, 0.15) is 23.1 Å². The first-order valence-electron chi connectivity index (χ1n) is 8.83. The summed E-state index contributed by atoms with van der Waals surface area (Å²) in [5, 5.41) is 11.2. The van der Waals surface area contributed by atoms with Gasteiger partial charge in [0.15, 0.2) is 0 Å². The van der Waals surface area contributed by atoms with Gasteiger partial charge in [0.2, 0.25) is 0 Å². The molecule has 0 N–H and O–H groups in total. The van der Waals surface area contributed by atoms with Gasteiger partial charge in [-0.05, 0) is 38.1 Å². The van der Waals surface area contributed by atoms with E-state index in [0.29, 0.717) is 17.1 Å². The average molecular weight is 356 g/mol. The van der Waals surface area contributed by atoms with Crippen LogP contribution in [-0.4, -0.2) is 32.8 Å². The number of fused-ring (bicyclic) bond motifs is 1. The van der Waals surface area contributed by atoms with Crippen LogP contribution in [0.1, 0.15) is 44.5 Å². The smallest absolute Gasteiger partial charge is 0.139 e. The van der Waals surface area contributed by atoms with Crippen LogP contribution in [0.25, 0.3) is 10.8 Å². The highest BCUT2D eigenvalue weighted by atomic mass is 35.5. The van der Waals surface area contributed by atoms with E-state index >= 15 is 0 Å². The topological polar surface area (TPSA) is 46.8 Å². The second-order valence-corrected chi connectivity index (χ2v) is 7.33. The van der Waals surface area contributed by atoms with Crippen LogP contribution in [0.4, 0.5) is 5.82 Å². The molecule has 0 radical (unpaired) electrons. The molecule has 1 aliphatic rings. The SMILES string of the molecule is CC(C)n1cnnc1C1CCCN(c2cc3ccccc3c(Cl)n2)C1. The fourth-order valence-corrected chi connectivity index (χ4v) is 3.90. The predicted octanol–water partition coefficient (Wildman–Crippen LogP) is 4.44. The van der Waals surface area contributed by atoms with E-state index in [1.165, 1.54) is 0 Å². The number of aromatic nitrogens is 4. The number of benzene rings is 1. The first-order valence-corrected chi connectivity index (χ1v) is 9.21. The van der Waals surface area contributed by atoms with Crippen molar-refractivity contribution in [3.05, 3.63) is 47.6 Å². The Hall–Kier alpha value is -2.14. The van der Waals surface area contributed by atoms with Crippen LogP contribution >= 0.6 is 11.6 Å². The highest BCUT2D eigenvalue weighted by molar-refractivity contribution is 6.34. The van der Waals surface area contributed by atoms with Gasteiger partial charge in [-0.25, -0.2) is 4.98 Å². The third-order valence-corrected chi connectivity index (χ3v) is 5.24. The fourth-order valence-electron chi connectivity index (χ4n) is 3.64. The number of rotatable bonds is 3.